The number of likely N-dealkylation sites (N-methyl/N-ethyl adjacent to an activating group) is 1. The van der Waals surface area contributed by atoms with Crippen molar-refractivity contribution in [3.05, 3.63) is 23.3 Å². The van der Waals surface area contributed by atoms with Gasteiger partial charge in [0.1, 0.15) is 15.8 Å². The predicted octanol–water partition coefficient (Wildman–Crippen LogP) is 3.61. The minimum atomic E-state index is -0.896. The zero-order valence-corrected chi connectivity index (χ0v) is 15.6. The van der Waals surface area contributed by atoms with Gasteiger partial charge in [0.2, 0.25) is 5.91 Å². The van der Waals surface area contributed by atoms with Crippen molar-refractivity contribution in [2.75, 3.05) is 6.54 Å². The topological polar surface area (TPSA) is 58.6 Å². The normalized spacial score (nSPS) is 27.3. The summed E-state index contributed by atoms with van der Waals surface area (Å²) in [6.45, 7) is 9.09. The molecule has 2 aliphatic rings. The SMILES string of the molecule is CCN(C(=O)OC(C)(C)C)C1=C2NC(=O)C(C)(Br)C2CC(F)=C1. The van der Waals surface area contributed by atoms with E-state index in [0.29, 0.717) is 17.9 Å². The van der Waals surface area contributed by atoms with E-state index in [1.807, 2.05) is 0 Å². The number of hydrogen-bond donors (Lipinski definition) is 1. The van der Waals surface area contributed by atoms with Gasteiger partial charge in [-0.05, 0) is 40.7 Å². The van der Waals surface area contributed by atoms with Crippen molar-refractivity contribution in [3.8, 4) is 0 Å². The van der Waals surface area contributed by atoms with Crippen molar-refractivity contribution >= 4 is 27.9 Å². The second-order valence-corrected chi connectivity index (χ2v) is 8.55. The largest absolute Gasteiger partial charge is 0.443 e. The first-order valence-corrected chi connectivity index (χ1v) is 8.37. The van der Waals surface area contributed by atoms with Crippen LogP contribution in [0.5, 0.6) is 0 Å². The van der Waals surface area contributed by atoms with Gasteiger partial charge in [-0.25, -0.2) is 9.18 Å². The number of amides is 2. The maximum atomic E-state index is 14.1. The monoisotopic (exact) mass is 388 g/mol. The lowest BCUT2D eigenvalue weighted by molar-refractivity contribution is -0.120. The van der Waals surface area contributed by atoms with Crippen LogP contribution in [-0.2, 0) is 9.53 Å². The second kappa shape index (κ2) is 5.92. The van der Waals surface area contributed by atoms with Crippen LogP contribution in [0.15, 0.2) is 23.3 Å². The molecule has 1 N–H and O–H groups in total. The molecule has 2 unspecified atom stereocenters. The third-order valence-electron chi connectivity index (χ3n) is 3.88. The van der Waals surface area contributed by atoms with Crippen molar-refractivity contribution < 1.29 is 18.7 Å². The molecule has 0 aromatic carbocycles. The Morgan fingerprint density at radius 3 is 2.70 bits per heavy atom. The highest BCUT2D eigenvalue weighted by Gasteiger charge is 2.51. The van der Waals surface area contributed by atoms with Gasteiger partial charge in [0.05, 0.1) is 5.70 Å². The number of nitrogens with one attached hydrogen (secondary N) is 1. The molecule has 1 aliphatic carbocycles. The van der Waals surface area contributed by atoms with E-state index in [1.54, 1.807) is 34.6 Å². The van der Waals surface area contributed by atoms with Crippen LogP contribution in [0.4, 0.5) is 9.18 Å². The molecule has 1 heterocycles. The predicted molar refractivity (Wildman–Crippen MR) is 88.4 cm³/mol. The molecular weight excluding hydrogens is 367 g/mol. The molecule has 128 valence electrons. The number of fused-ring (bicyclic) bond motifs is 1. The van der Waals surface area contributed by atoms with Gasteiger partial charge in [-0.2, -0.15) is 0 Å². The maximum absolute atomic E-state index is 14.1. The number of nitrogens with zero attached hydrogens (tertiary/aromatic N) is 1. The summed E-state index contributed by atoms with van der Waals surface area (Å²) in [5.74, 6) is -0.984. The van der Waals surface area contributed by atoms with Gasteiger partial charge in [0.15, 0.2) is 0 Å². The average Bonchev–Trinajstić information content (AvgIpc) is 2.60. The summed E-state index contributed by atoms with van der Waals surface area (Å²) < 4.78 is 18.6. The summed E-state index contributed by atoms with van der Waals surface area (Å²) in [5, 5.41) is 2.78. The highest BCUT2D eigenvalue weighted by Crippen LogP contribution is 2.46. The van der Waals surface area contributed by atoms with Crippen molar-refractivity contribution in [1.29, 1.82) is 0 Å². The molecule has 1 fully saturated rings. The quantitative estimate of drug-likeness (QED) is 0.734. The second-order valence-electron chi connectivity index (χ2n) is 6.90. The summed E-state index contributed by atoms with van der Waals surface area (Å²) >= 11 is 3.39. The lowest BCUT2D eigenvalue weighted by Gasteiger charge is -2.31. The Hall–Kier alpha value is -1.37. The van der Waals surface area contributed by atoms with Crippen LogP contribution in [0.25, 0.3) is 0 Å². The van der Waals surface area contributed by atoms with E-state index in [0.717, 1.165) is 0 Å². The Kier molecular flexibility index (Phi) is 4.63. The Morgan fingerprint density at radius 2 is 2.17 bits per heavy atom. The number of alkyl halides is 1. The van der Waals surface area contributed by atoms with Gasteiger partial charge >= 0.3 is 6.09 Å². The Balaban J connectivity index is 2.43. The molecule has 2 atom stereocenters. The Morgan fingerprint density at radius 1 is 1.57 bits per heavy atom. The lowest BCUT2D eigenvalue weighted by Crippen LogP contribution is -2.38. The van der Waals surface area contributed by atoms with Gasteiger partial charge in [0, 0.05) is 24.6 Å². The number of rotatable bonds is 2. The molecule has 0 radical (unpaired) electrons. The fourth-order valence-electron chi connectivity index (χ4n) is 2.72. The highest BCUT2D eigenvalue weighted by atomic mass is 79.9. The summed E-state index contributed by atoms with van der Waals surface area (Å²) in [6.07, 6.45) is 0.851. The van der Waals surface area contributed by atoms with E-state index in [4.69, 9.17) is 4.74 Å². The van der Waals surface area contributed by atoms with Crippen LogP contribution in [0.1, 0.15) is 41.0 Å². The molecule has 0 bridgehead atoms. The number of carbonyl (C=O) groups is 2. The molecule has 7 heteroatoms. The standard InChI is InChI=1S/C16H22BrFN2O3/c1-6-20(14(22)23-15(2,3)4)11-8-9(18)7-10-12(11)19-13(21)16(10,5)17/h8,10H,6-7H2,1-5H3,(H,19,21). The fourth-order valence-corrected chi connectivity index (χ4v) is 3.21. The molecule has 5 nitrogen and oxygen atoms in total. The molecular formula is C16H22BrFN2O3. The zero-order valence-electron chi connectivity index (χ0n) is 14.0. The highest BCUT2D eigenvalue weighted by molar-refractivity contribution is 9.10. The summed E-state index contributed by atoms with van der Waals surface area (Å²) in [5.41, 5.74) is 0.255. The first-order chi connectivity index (χ1) is 10.5. The van der Waals surface area contributed by atoms with Crippen molar-refractivity contribution in [1.82, 2.24) is 10.2 Å². The minimum Gasteiger partial charge on any atom is -0.443 e. The average molecular weight is 389 g/mol. The van der Waals surface area contributed by atoms with Crippen LogP contribution >= 0.6 is 15.9 Å². The van der Waals surface area contributed by atoms with Crippen molar-refractivity contribution in [2.24, 2.45) is 5.92 Å². The summed E-state index contributed by atoms with van der Waals surface area (Å²) in [7, 11) is 0. The molecule has 1 saturated heterocycles. The van der Waals surface area contributed by atoms with Gasteiger partial charge < -0.3 is 10.1 Å². The van der Waals surface area contributed by atoms with E-state index in [2.05, 4.69) is 21.2 Å². The van der Waals surface area contributed by atoms with Crippen LogP contribution in [0, 0.1) is 5.92 Å². The van der Waals surface area contributed by atoms with E-state index < -0.39 is 16.0 Å². The number of halogens is 2. The Labute approximate surface area is 144 Å². The molecule has 2 amide bonds. The summed E-state index contributed by atoms with van der Waals surface area (Å²) in [6, 6.07) is 0. The van der Waals surface area contributed by atoms with Crippen LogP contribution in [-0.4, -0.2) is 33.4 Å². The number of hydrogen-bond acceptors (Lipinski definition) is 3. The van der Waals surface area contributed by atoms with Crippen LogP contribution in [0.3, 0.4) is 0 Å². The smallest absolute Gasteiger partial charge is 0.414 e. The van der Waals surface area contributed by atoms with Gasteiger partial charge in [0.25, 0.3) is 0 Å². The lowest BCUT2D eigenvalue weighted by atomic mass is 9.87. The molecule has 0 aromatic heterocycles. The fraction of sp³-hybridized carbons (Fsp3) is 0.625. The van der Waals surface area contributed by atoms with Crippen molar-refractivity contribution in [2.45, 2.75) is 51.0 Å². The molecule has 0 aromatic rings. The maximum Gasteiger partial charge on any atom is 0.414 e. The van der Waals surface area contributed by atoms with E-state index in [1.165, 1.54) is 11.0 Å². The third kappa shape index (κ3) is 3.44. The van der Waals surface area contributed by atoms with E-state index in [-0.39, 0.29) is 24.1 Å². The zero-order chi connectivity index (χ0) is 17.6. The minimum absolute atomic E-state index is 0.116. The first-order valence-electron chi connectivity index (χ1n) is 7.58. The Bertz CT molecular complexity index is 605. The summed E-state index contributed by atoms with van der Waals surface area (Å²) in [4.78, 5) is 25.9. The van der Waals surface area contributed by atoms with E-state index in [9.17, 15) is 14.0 Å². The number of carbonyl (C=O) groups excluding carboxylic acids is 2. The number of allylic oxidation sites excluding steroid dienone is 3. The molecule has 0 spiro atoms. The van der Waals surface area contributed by atoms with Gasteiger partial charge in [-0.1, -0.05) is 15.9 Å². The van der Waals surface area contributed by atoms with Crippen molar-refractivity contribution in [3.63, 3.8) is 0 Å². The molecule has 2 rings (SSSR count). The van der Waals surface area contributed by atoms with Gasteiger partial charge in [-0.15, -0.1) is 0 Å². The van der Waals surface area contributed by atoms with Crippen LogP contribution in [0.2, 0.25) is 0 Å². The van der Waals surface area contributed by atoms with E-state index >= 15 is 0 Å². The van der Waals surface area contributed by atoms with Crippen LogP contribution < -0.4 is 5.32 Å². The molecule has 23 heavy (non-hydrogen) atoms. The molecule has 0 saturated carbocycles. The van der Waals surface area contributed by atoms with Gasteiger partial charge in [-0.3, -0.25) is 9.69 Å². The number of ether oxygens (including phenoxy) is 1. The molecule has 1 aliphatic heterocycles. The first kappa shape index (κ1) is 18.0. The third-order valence-corrected chi connectivity index (χ3v) is 4.80.